The van der Waals surface area contributed by atoms with E-state index >= 15 is 0 Å². The molecule has 0 aromatic carbocycles. The summed E-state index contributed by atoms with van der Waals surface area (Å²) in [5, 5.41) is 4.64. The maximum absolute atomic E-state index is 12.6. The molecule has 1 aliphatic rings. The first kappa shape index (κ1) is 16.4. The van der Waals surface area contributed by atoms with E-state index in [0.29, 0.717) is 31.1 Å². The number of amides is 1. The van der Waals surface area contributed by atoms with E-state index in [2.05, 4.69) is 5.32 Å². The number of thiophene rings is 1. The van der Waals surface area contributed by atoms with Crippen molar-refractivity contribution in [3.63, 3.8) is 0 Å². The van der Waals surface area contributed by atoms with E-state index in [1.165, 1.54) is 21.7 Å². The van der Waals surface area contributed by atoms with Crippen molar-refractivity contribution in [1.82, 2.24) is 14.5 Å². The maximum atomic E-state index is 12.6. The van der Waals surface area contributed by atoms with Gasteiger partial charge in [-0.05, 0) is 31.3 Å². The van der Waals surface area contributed by atoms with Crippen LogP contribution in [0.2, 0.25) is 0 Å². The van der Waals surface area contributed by atoms with Gasteiger partial charge in [0.15, 0.2) is 0 Å². The summed E-state index contributed by atoms with van der Waals surface area (Å²) in [4.78, 5) is 14.4. The van der Waals surface area contributed by atoms with Crippen LogP contribution in [0.5, 0.6) is 0 Å². The van der Waals surface area contributed by atoms with Crippen molar-refractivity contribution < 1.29 is 13.2 Å². The van der Waals surface area contributed by atoms with Gasteiger partial charge in [0.25, 0.3) is 5.91 Å². The topological polar surface area (TPSA) is 69.7 Å². The second kappa shape index (κ2) is 6.87. The average Bonchev–Trinajstić information content (AvgIpc) is 3.13. The molecule has 1 aromatic rings. The van der Waals surface area contributed by atoms with Gasteiger partial charge >= 0.3 is 0 Å². The molecule has 21 heavy (non-hydrogen) atoms. The minimum Gasteiger partial charge on any atom is -0.340 e. The molecule has 1 aromatic heterocycles. The van der Waals surface area contributed by atoms with Gasteiger partial charge in [-0.1, -0.05) is 0 Å². The molecule has 1 amide bonds. The Labute approximate surface area is 129 Å². The van der Waals surface area contributed by atoms with Gasteiger partial charge in [0.2, 0.25) is 10.0 Å². The standard InChI is InChI=1S/C13H21N3O3S2/c1-14-6-9-15(2)13(17)12-11(5-10-20-12)21(18,19)16-7-3-4-8-16/h5,10,14H,3-4,6-9H2,1-2H3. The number of likely N-dealkylation sites (N-methyl/N-ethyl adjacent to an activating group) is 2. The molecule has 0 bridgehead atoms. The van der Waals surface area contributed by atoms with Crippen LogP contribution in [0.15, 0.2) is 16.3 Å². The molecule has 118 valence electrons. The largest absolute Gasteiger partial charge is 0.340 e. The zero-order chi connectivity index (χ0) is 15.5. The Balaban J connectivity index is 2.24. The van der Waals surface area contributed by atoms with Gasteiger partial charge in [0.05, 0.1) is 0 Å². The highest BCUT2D eigenvalue weighted by Gasteiger charge is 2.32. The summed E-state index contributed by atoms with van der Waals surface area (Å²) in [6, 6.07) is 1.54. The maximum Gasteiger partial charge on any atom is 0.265 e. The first-order valence-electron chi connectivity index (χ1n) is 6.96. The zero-order valence-electron chi connectivity index (χ0n) is 12.3. The monoisotopic (exact) mass is 331 g/mol. The van der Waals surface area contributed by atoms with Gasteiger partial charge in [-0.25, -0.2) is 8.42 Å². The van der Waals surface area contributed by atoms with Crippen LogP contribution in [0.1, 0.15) is 22.5 Å². The minimum atomic E-state index is -3.54. The number of nitrogens with one attached hydrogen (secondary N) is 1. The molecule has 1 aliphatic heterocycles. The number of rotatable bonds is 6. The summed E-state index contributed by atoms with van der Waals surface area (Å²) in [6.45, 7) is 2.29. The Morgan fingerprint density at radius 3 is 2.71 bits per heavy atom. The van der Waals surface area contributed by atoms with Crippen molar-refractivity contribution in [2.45, 2.75) is 17.7 Å². The van der Waals surface area contributed by atoms with Crippen LogP contribution in [-0.4, -0.2) is 63.8 Å². The summed E-state index contributed by atoms with van der Waals surface area (Å²) >= 11 is 1.19. The summed E-state index contributed by atoms with van der Waals surface area (Å²) in [6.07, 6.45) is 1.77. The highest BCUT2D eigenvalue weighted by Crippen LogP contribution is 2.28. The average molecular weight is 331 g/mol. The number of hydrogen-bond donors (Lipinski definition) is 1. The van der Waals surface area contributed by atoms with Crippen molar-refractivity contribution >= 4 is 27.3 Å². The third-order valence-corrected chi connectivity index (χ3v) is 6.52. The molecule has 0 aliphatic carbocycles. The highest BCUT2D eigenvalue weighted by atomic mass is 32.2. The number of hydrogen-bond acceptors (Lipinski definition) is 5. The molecular formula is C13H21N3O3S2. The van der Waals surface area contributed by atoms with Gasteiger partial charge < -0.3 is 10.2 Å². The predicted molar refractivity (Wildman–Crippen MR) is 83.2 cm³/mol. The number of carbonyl (C=O) groups is 1. The van der Waals surface area contributed by atoms with E-state index in [1.807, 2.05) is 7.05 Å². The van der Waals surface area contributed by atoms with Gasteiger partial charge in [-0.2, -0.15) is 4.31 Å². The number of sulfonamides is 1. The smallest absolute Gasteiger partial charge is 0.265 e. The Morgan fingerprint density at radius 2 is 2.10 bits per heavy atom. The van der Waals surface area contributed by atoms with Crippen molar-refractivity contribution in [2.75, 3.05) is 40.3 Å². The van der Waals surface area contributed by atoms with Crippen LogP contribution in [0, 0.1) is 0 Å². The fraction of sp³-hybridized carbons (Fsp3) is 0.615. The molecule has 0 atom stereocenters. The van der Waals surface area contributed by atoms with E-state index in [9.17, 15) is 13.2 Å². The molecule has 2 rings (SSSR count). The SMILES string of the molecule is CNCCN(C)C(=O)c1sccc1S(=O)(=O)N1CCCC1. The first-order chi connectivity index (χ1) is 9.98. The number of carbonyl (C=O) groups excluding carboxylic acids is 1. The molecule has 0 saturated carbocycles. The fourth-order valence-electron chi connectivity index (χ4n) is 2.28. The lowest BCUT2D eigenvalue weighted by molar-refractivity contribution is 0.0798. The van der Waals surface area contributed by atoms with Crippen molar-refractivity contribution in [3.8, 4) is 0 Å². The third-order valence-electron chi connectivity index (χ3n) is 3.55. The van der Waals surface area contributed by atoms with Gasteiger partial charge in [0.1, 0.15) is 9.77 Å². The van der Waals surface area contributed by atoms with Crippen molar-refractivity contribution in [3.05, 3.63) is 16.3 Å². The van der Waals surface area contributed by atoms with Crippen LogP contribution >= 0.6 is 11.3 Å². The van der Waals surface area contributed by atoms with Crippen LogP contribution in [0.3, 0.4) is 0 Å². The Bertz CT molecular complexity index is 592. The molecule has 2 heterocycles. The van der Waals surface area contributed by atoms with E-state index in [0.717, 1.165) is 12.8 Å². The first-order valence-corrected chi connectivity index (χ1v) is 9.28. The number of nitrogens with zero attached hydrogens (tertiary/aromatic N) is 2. The van der Waals surface area contributed by atoms with E-state index < -0.39 is 10.0 Å². The minimum absolute atomic E-state index is 0.149. The molecule has 0 spiro atoms. The van der Waals surface area contributed by atoms with Crippen LogP contribution in [0.4, 0.5) is 0 Å². The van der Waals surface area contributed by atoms with Gasteiger partial charge in [-0.15, -0.1) is 11.3 Å². The normalized spacial score (nSPS) is 16.3. The molecule has 8 heteroatoms. The molecule has 1 saturated heterocycles. The summed E-state index contributed by atoms with van der Waals surface area (Å²) in [7, 11) is -0.0461. The van der Waals surface area contributed by atoms with E-state index in [4.69, 9.17) is 0 Å². The Morgan fingerprint density at radius 1 is 1.43 bits per heavy atom. The summed E-state index contributed by atoms with van der Waals surface area (Å²) in [5.41, 5.74) is 0. The van der Waals surface area contributed by atoms with E-state index in [1.54, 1.807) is 17.3 Å². The Kier molecular flexibility index (Phi) is 5.37. The van der Waals surface area contributed by atoms with Crippen LogP contribution in [-0.2, 0) is 10.0 Å². The second-order valence-corrected chi connectivity index (χ2v) is 7.88. The second-order valence-electron chi connectivity index (χ2n) is 5.06. The zero-order valence-corrected chi connectivity index (χ0v) is 14.0. The molecule has 0 radical (unpaired) electrons. The third kappa shape index (κ3) is 3.45. The molecule has 1 fully saturated rings. The fourth-order valence-corrected chi connectivity index (χ4v) is 5.18. The van der Waals surface area contributed by atoms with Gasteiger partial charge in [-0.3, -0.25) is 4.79 Å². The summed E-state index contributed by atoms with van der Waals surface area (Å²) in [5.74, 6) is -0.238. The predicted octanol–water partition coefficient (Wildman–Crippen LogP) is 0.824. The highest BCUT2D eigenvalue weighted by molar-refractivity contribution is 7.89. The lowest BCUT2D eigenvalue weighted by atomic mass is 10.4. The van der Waals surface area contributed by atoms with Crippen LogP contribution < -0.4 is 5.32 Å². The molecule has 0 unspecified atom stereocenters. The van der Waals surface area contributed by atoms with Gasteiger partial charge in [0, 0.05) is 33.2 Å². The lowest BCUT2D eigenvalue weighted by Gasteiger charge is -2.19. The molecule has 6 nitrogen and oxygen atoms in total. The van der Waals surface area contributed by atoms with Crippen molar-refractivity contribution in [1.29, 1.82) is 0 Å². The summed E-state index contributed by atoms with van der Waals surface area (Å²) < 4.78 is 26.7. The quantitative estimate of drug-likeness (QED) is 0.838. The van der Waals surface area contributed by atoms with Crippen molar-refractivity contribution in [2.24, 2.45) is 0 Å². The molecular weight excluding hydrogens is 310 g/mol. The molecule has 1 N–H and O–H groups in total. The van der Waals surface area contributed by atoms with E-state index in [-0.39, 0.29) is 10.8 Å². The Hall–Kier alpha value is -0.960. The lowest BCUT2D eigenvalue weighted by Crippen LogP contribution is -2.34. The van der Waals surface area contributed by atoms with Crippen LogP contribution in [0.25, 0.3) is 0 Å².